The molecule has 1 aliphatic heterocycles. The molecule has 1 aliphatic carbocycles. The Morgan fingerprint density at radius 1 is 1.02 bits per heavy atom. The summed E-state index contributed by atoms with van der Waals surface area (Å²) in [6, 6.07) is 16.5. The molecule has 5 rings (SSSR count). The van der Waals surface area contributed by atoms with Crippen LogP contribution in [-0.2, 0) is 16.1 Å². The van der Waals surface area contributed by atoms with Crippen LogP contribution in [0.2, 0.25) is 10.0 Å². The summed E-state index contributed by atoms with van der Waals surface area (Å²) in [5.41, 5.74) is 2.39. The lowest BCUT2D eigenvalue weighted by Gasteiger charge is -2.33. The van der Waals surface area contributed by atoms with Crippen molar-refractivity contribution in [1.29, 1.82) is 0 Å². The van der Waals surface area contributed by atoms with Crippen LogP contribution in [0.25, 0.3) is 10.8 Å². The van der Waals surface area contributed by atoms with E-state index in [2.05, 4.69) is 5.32 Å². The van der Waals surface area contributed by atoms with Gasteiger partial charge in [0.15, 0.2) is 0 Å². The summed E-state index contributed by atoms with van der Waals surface area (Å²) >= 11 is 12.4. The summed E-state index contributed by atoms with van der Waals surface area (Å²) in [5, 5.41) is 6.06. The van der Waals surface area contributed by atoms with E-state index in [0.29, 0.717) is 35.0 Å². The summed E-state index contributed by atoms with van der Waals surface area (Å²) in [7, 11) is 0. The summed E-state index contributed by atoms with van der Waals surface area (Å²) in [6.07, 6.45) is 6.56. The maximum atomic E-state index is 13.7. The molecule has 2 aliphatic rings. The third-order valence-electron chi connectivity index (χ3n) is 8.10. The zero-order valence-electron chi connectivity index (χ0n) is 22.8. The molecule has 0 saturated heterocycles. The van der Waals surface area contributed by atoms with Crippen molar-refractivity contribution in [2.75, 3.05) is 11.4 Å². The molecule has 0 unspecified atom stereocenters. The molecule has 40 heavy (non-hydrogen) atoms. The molecule has 8 heteroatoms. The van der Waals surface area contributed by atoms with Crippen LogP contribution in [-0.4, -0.2) is 41.2 Å². The fourth-order valence-corrected chi connectivity index (χ4v) is 6.35. The van der Waals surface area contributed by atoms with E-state index in [9.17, 15) is 14.4 Å². The fraction of sp³-hybridized carbons (Fsp3) is 0.406. The number of nitrogens with one attached hydrogen (secondary N) is 1. The molecule has 0 bridgehead atoms. The number of hydrogen-bond acceptors (Lipinski definition) is 3. The average Bonchev–Trinajstić information content (AvgIpc) is 3.23. The maximum absolute atomic E-state index is 13.7. The van der Waals surface area contributed by atoms with Crippen LogP contribution in [0.1, 0.15) is 74.2 Å². The van der Waals surface area contributed by atoms with Gasteiger partial charge in [0.05, 0.1) is 15.7 Å². The SMILES string of the molecule is CC[C@H](C(=O)NC1CCCCC1)N(Cc1ccc(Cl)c(Cl)c1)C(=O)CCCN1C(=O)c2cccc3cccc1c23. The second-order valence-corrected chi connectivity index (χ2v) is 11.6. The Bertz CT molecular complexity index is 1410. The van der Waals surface area contributed by atoms with Crippen molar-refractivity contribution < 1.29 is 14.4 Å². The van der Waals surface area contributed by atoms with Gasteiger partial charge in [0.25, 0.3) is 5.91 Å². The number of rotatable bonds is 10. The second kappa shape index (κ2) is 12.6. The number of benzene rings is 3. The zero-order valence-corrected chi connectivity index (χ0v) is 24.3. The molecule has 1 N–H and O–H groups in total. The van der Waals surface area contributed by atoms with E-state index in [1.165, 1.54) is 6.42 Å². The van der Waals surface area contributed by atoms with Gasteiger partial charge in [-0.05, 0) is 60.9 Å². The lowest BCUT2D eigenvalue weighted by Crippen LogP contribution is -2.51. The van der Waals surface area contributed by atoms with Crippen molar-refractivity contribution in [2.24, 2.45) is 0 Å². The minimum atomic E-state index is -0.602. The molecule has 3 aromatic rings. The van der Waals surface area contributed by atoms with Crippen molar-refractivity contribution in [3.05, 3.63) is 75.8 Å². The van der Waals surface area contributed by atoms with Gasteiger partial charge in [-0.1, -0.05) is 79.7 Å². The first kappa shape index (κ1) is 28.4. The van der Waals surface area contributed by atoms with Gasteiger partial charge >= 0.3 is 0 Å². The second-order valence-electron chi connectivity index (χ2n) is 10.8. The number of amides is 3. The van der Waals surface area contributed by atoms with Crippen LogP contribution in [0.4, 0.5) is 5.69 Å². The molecule has 1 atom stereocenters. The van der Waals surface area contributed by atoms with Crippen molar-refractivity contribution >= 4 is 57.4 Å². The summed E-state index contributed by atoms with van der Waals surface area (Å²) in [5.74, 6) is -0.274. The van der Waals surface area contributed by atoms with Crippen LogP contribution in [0.3, 0.4) is 0 Å². The Hall–Kier alpha value is -3.09. The highest BCUT2D eigenvalue weighted by atomic mass is 35.5. The van der Waals surface area contributed by atoms with Gasteiger partial charge in [-0.3, -0.25) is 14.4 Å². The average molecular weight is 581 g/mol. The van der Waals surface area contributed by atoms with E-state index >= 15 is 0 Å². The number of anilines is 1. The minimum absolute atomic E-state index is 0.0368. The first-order chi connectivity index (χ1) is 19.4. The van der Waals surface area contributed by atoms with Gasteiger partial charge in [-0.15, -0.1) is 0 Å². The van der Waals surface area contributed by atoms with E-state index in [1.54, 1.807) is 21.9 Å². The summed E-state index contributed by atoms with van der Waals surface area (Å²) in [6.45, 7) is 2.60. The van der Waals surface area contributed by atoms with Crippen LogP contribution in [0, 0.1) is 0 Å². The van der Waals surface area contributed by atoms with Crippen molar-refractivity contribution in [3.8, 4) is 0 Å². The number of halogens is 2. The third kappa shape index (κ3) is 5.98. The lowest BCUT2D eigenvalue weighted by atomic mass is 9.95. The zero-order chi connectivity index (χ0) is 28.2. The van der Waals surface area contributed by atoms with E-state index in [1.807, 2.05) is 49.4 Å². The Morgan fingerprint density at radius 2 is 1.77 bits per heavy atom. The molecule has 210 valence electrons. The van der Waals surface area contributed by atoms with Gasteiger partial charge in [0.1, 0.15) is 6.04 Å². The molecule has 6 nitrogen and oxygen atoms in total. The molecule has 1 saturated carbocycles. The Morgan fingerprint density at radius 3 is 2.50 bits per heavy atom. The molecule has 0 spiro atoms. The standard InChI is InChI=1S/C32H35Cl2N3O3/c1-2-27(31(39)35-23-11-4-3-5-12-23)37(20-21-16-17-25(33)26(34)19-21)29(38)15-8-18-36-28-14-7-10-22-9-6-13-24(30(22)28)32(36)40/h6-7,9-10,13-14,16-17,19,23,27H,2-5,8,11-12,15,18,20H2,1H3,(H,35,39)/t27-/m1/s1. The molecule has 1 heterocycles. The van der Waals surface area contributed by atoms with E-state index < -0.39 is 6.04 Å². The molecule has 1 fully saturated rings. The van der Waals surface area contributed by atoms with Crippen molar-refractivity contribution in [3.63, 3.8) is 0 Å². The van der Waals surface area contributed by atoms with Crippen LogP contribution in [0.15, 0.2) is 54.6 Å². The Labute approximate surface area is 245 Å². The van der Waals surface area contributed by atoms with E-state index in [-0.39, 0.29) is 36.7 Å². The number of carbonyl (C=O) groups excluding carboxylic acids is 3. The first-order valence-corrected chi connectivity index (χ1v) is 15.0. The van der Waals surface area contributed by atoms with Crippen LogP contribution in [0.5, 0.6) is 0 Å². The predicted molar refractivity (Wildman–Crippen MR) is 161 cm³/mol. The molecule has 0 radical (unpaired) electrons. The van der Waals surface area contributed by atoms with E-state index in [0.717, 1.165) is 47.7 Å². The monoisotopic (exact) mass is 579 g/mol. The maximum Gasteiger partial charge on any atom is 0.258 e. The highest BCUT2D eigenvalue weighted by Crippen LogP contribution is 2.37. The van der Waals surface area contributed by atoms with Gasteiger partial charge < -0.3 is 15.1 Å². The predicted octanol–water partition coefficient (Wildman–Crippen LogP) is 7.14. The highest BCUT2D eigenvalue weighted by molar-refractivity contribution is 6.42. The first-order valence-electron chi connectivity index (χ1n) is 14.2. The van der Waals surface area contributed by atoms with Crippen LogP contribution < -0.4 is 10.2 Å². The van der Waals surface area contributed by atoms with Gasteiger partial charge in [-0.25, -0.2) is 0 Å². The van der Waals surface area contributed by atoms with E-state index in [4.69, 9.17) is 23.2 Å². The quantitative estimate of drug-likeness (QED) is 0.277. The fourth-order valence-electron chi connectivity index (χ4n) is 6.03. The number of hydrogen-bond donors (Lipinski definition) is 1. The van der Waals surface area contributed by atoms with Gasteiger partial charge in [-0.2, -0.15) is 0 Å². The number of carbonyl (C=O) groups is 3. The van der Waals surface area contributed by atoms with Crippen LogP contribution >= 0.6 is 23.2 Å². The Kier molecular flexibility index (Phi) is 8.97. The Balaban J connectivity index is 1.30. The summed E-state index contributed by atoms with van der Waals surface area (Å²) in [4.78, 5) is 43.8. The summed E-state index contributed by atoms with van der Waals surface area (Å²) < 4.78 is 0. The molecular weight excluding hydrogens is 545 g/mol. The van der Waals surface area contributed by atoms with Gasteiger partial charge in [0, 0.05) is 36.5 Å². The van der Waals surface area contributed by atoms with Gasteiger partial charge in [0.2, 0.25) is 11.8 Å². The minimum Gasteiger partial charge on any atom is -0.352 e. The molecule has 3 aromatic carbocycles. The lowest BCUT2D eigenvalue weighted by molar-refractivity contribution is -0.141. The highest BCUT2D eigenvalue weighted by Gasteiger charge is 2.32. The molecule has 0 aromatic heterocycles. The largest absolute Gasteiger partial charge is 0.352 e. The molecular formula is C32H35Cl2N3O3. The van der Waals surface area contributed by atoms with Crippen molar-refractivity contribution in [2.45, 2.75) is 76.9 Å². The number of nitrogens with zero attached hydrogens (tertiary/aromatic N) is 2. The molecule has 3 amide bonds. The third-order valence-corrected chi connectivity index (χ3v) is 8.83. The smallest absolute Gasteiger partial charge is 0.258 e. The van der Waals surface area contributed by atoms with Crippen molar-refractivity contribution in [1.82, 2.24) is 10.2 Å². The normalized spacial score (nSPS) is 15.9. The topological polar surface area (TPSA) is 69.7 Å².